The molecule has 0 spiro atoms. The average Bonchev–Trinajstić information content (AvgIpc) is 2.63. The van der Waals surface area contributed by atoms with Crippen LogP contribution in [0.15, 0.2) is 48.5 Å². The number of hydrogen-bond acceptors (Lipinski definition) is 4. The minimum atomic E-state index is -1.04. The third kappa shape index (κ3) is 6.57. The molecule has 2 rings (SSSR count). The molecule has 0 atom stereocenters. The van der Waals surface area contributed by atoms with E-state index in [2.05, 4.69) is 5.32 Å². The zero-order valence-electron chi connectivity index (χ0n) is 14.9. The molecular formula is C20H23NO5. The van der Waals surface area contributed by atoms with Crippen LogP contribution in [0.2, 0.25) is 0 Å². The van der Waals surface area contributed by atoms with Crippen LogP contribution in [0.1, 0.15) is 35.3 Å². The summed E-state index contributed by atoms with van der Waals surface area (Å²) in [6.45, 7) is 4.39. The van der Waals surface area contributed by atoms with E-state index in [0.29, 0.717) is 24.5 Å². The first-order valence-electron chi connectivity index (χ1n) is 8.36. The second-order valence-electron chi connectivity index (χ2n) is 6.07. The van der Waals surface area contributed by atoms with Crippen molar-refractivity contribution >= 4 is 11.9 Å². The van der Waals surface area contributed by atoms with Gasteiger partial charge >= 0.3 is 5.97 Å². The van der Waals surface area contributed by atoms with Crippen molar-refractivity contribution in [2.45, 2.75) is 33.1 Å². The molecule has 1 amide bonds. The first-order chi connectivity index (χ1) is 12.4. The molecule has 6 heteroatoms. The van der Waals surface area contributed by atoms with Gasteiger partial charge in [-0.15, -0.1) is 0 Å². The minimum absolute atomic E-state index is 0.160. The molecule has 6 nitrogen and oxygen atoms in total. The van der Waals surface area contributed by atoms with E-state index >= 15 is 0 Å². The van der Waals surface area contributed by atoms with Crippen LogP contribution in [0.25, 0.3) is 0 Å². The predicted molar refractivity (Wildman–Crippen MR) is 97.1 cm³/mol. The van der Waals surface area contributed by atoms with E-state index in [1.54, 1.807) is 30.3 Å². The third-order valence-corrected chi connectivity index (χ3v) is 3.51. The van der Waals surface area contributed by atoms with Gasteiger partial charge in [0, 0.05) is 12.1 Å². The molecule has 2 aromatic rings. The summed E-state index contributed by atoms with van der Waals surface area (Å²) in [7, 11) is 0. The van der Waals surface area contributed by atoms with Crippen molar-refractivity contribution < 1.29 is 24.2 Å². The van der Waals surface area contributed by atoms with Crippen molar-refractivity contribution in [3.8, 4) is 5.75 Å². The summed E-state index contributed by atoms with van der Waals surface area (Å²) < 4.78 is 10.7. The van der Waals surface area contributed by atoms with Gasteiger partial charge in [0.1, 0.15) is 5.75 Å². The molecule has 0 aliphatic carbocycles. The number of aliphatic carboxylic acids is 1. The number of carbonyl (C=O) groups excluding carboxylic acids is 1. The van der Waals surface area contributed by atoms with Crippen LogP contribution < -0.4 is 10.1 Å². The molecule has 0 unspecified atom stereocenters. The van der Waals surface area contributed by atoms with Crippen molar-refractivity contribution in [1.29, 1.82) is 0 Å². The highest BCUT2D eigenvalue weighted by Crippen LogP contribution is 2.13. The molecule has 0 aliphatic heterocycles. The van der Waals surface area contributed by atoms with E-state index < -0.39 is 12.6 Å². The summed E-state index contributed by atoms with van der Waals surface area (Å²) in [5.41, 5.74) is 2.40. The average molecular weight is 357 g/mol. The summed E-state index contributed by atoms with van der Waals surface area (Å²) in [4.78, 5) is 22.8. The number of ether oxygens (including phenoxy) is 2. The molecule has 0 fully saturated rings. The molecule has 0 saturated carbocycles. The van der Waals surface area contributed by atoms with Crippen LogP contribution in [-0.4, -0.2) is 29.7 Å². The molecule has 0 radical (unpaired) electrons. The Labute approximate surface area is 152 Å². The van der Waals surface area contributed by atoms with Gasteiger partial charge < -0.3 is 19.9 Å². The molecule has 0 aliphatic rings. The van der Waals surface area contributed by atoms with E-state index in [1.165, 1.54) is 0 Å². The standard InChI is InChI=1S/C20H23NO5/c1-14(2)25-12-15-6-8-17(9-7-15)20(24)21-11-16-4-3-5-18(10-16)26-13-19(22)23/h3-10,14H,11-13H2,1-2H3,(H,21,24)(H,22,23). The van der Waals surface area contributed by atoms with E-state index in [4.69, 9.17) is 14.6 Å². The zero-order chi connectivity index (χ0) is 18.9. The fourth-order valence-corrected chi connectivity index (χ4v) is 2.19. The lowest BCUT2D eigenvalue weighted by Gasteiger charge is -2.09. The van der Waals surface area contributed by atoms with Crippen LogP contribution in [0, 0.1) is 0 Å². The highest BCUT2D eigenvalue weighted by atomic mass is 16.5. The van der Waals surface area contributed by atoms with Gasteiger partial charge in [0.2, 0.25) is 0 Å². The van der Waals surface area contributed by atoms with Crippen LogP contribution in [-0.2, 0) is 22.7 Å². The molecular weight excluding hydrogens is 334 g/mol. The molecule has 0 saturated heterocycles. The van der Waals surface area contributed by atoms with Crippen LogP contribution in [0.5, 0.6) is 5.75 Å². The monoisotopic (exact) mass is 357 g/mol. The molecule has 0 aromatic heterocycles. The summed E-state index contributed by atoms with van der Waals surface area (Å²) in [6, 6.07) is 14.2. The zero-order valence-corrected chi connectivity index (χ0v) is 14.9. The maximum Gasteiger partial charge on any atom is 0.341 e. The summed E-state index contributed by atoms with van der Waals surface area (Å²) in [6.07, 6.45) is 0.160. The fraction of sp³-hybridized carbons (Fsp3) is 0.300. The lowest BCUT2D eigenvalue weighted by molar-refractivity contribution is -0.139. The first kappa shape index (κ1) is 19.5. The van der Waals surface area contributed by atoms with Gasteiger partial charge in [0.25, 0.3) is 5.91 Å². The summed E-state index contributed by atoms with van der Waals surface area (Å²) in [5, 5.41) is 11.5. The second kappa shape index (κ2) is 9.58. The minimum Gasteiger partial charge on any atom is -0.482 e. The Morgan fingerprint density at radius 2 is 1.81 bits per heavy atom. The normalized spacial score (nSPS) is 10.6. The number of carboxylic acid groups (broad SMARTS) is 1. The quantitative estimate of drug-likeness (QED) is 0.721. The van der Waals surface area contributed by atoms with E-state index in [1.807, 2.05) is 32.0 Å². The third-order valence-electron chi connectivity index (χ3n) is 3.51. The first-order valence-corrected chi connectivity index (χ1v) is 8.36. The molecule has 2 aromatic carbocycles. The lowest BCUT2D eigenvalue weighted by Crippen LogP contribution is -2.22. The maximum atomic E-state index is 12.2. The molecule has 2 N–H and O–H groups in total. The van der Waals surface area contributed by atoms with Gasteiger partial charge in [-0.3, -0.25) is 4.79 Å². The Hall–Kier alpha value is -2.86. The highest BCUT2D eigenvalue weighted by Gasteiger charge is 2.07. The van der Waals surface area contributed by atoms with Crippen LogP contribution >= 0.6 is 0 Å². The number of nitrogens with one attached hydrogen (secondary N) is 1. The number of carbonyl (C=O) groups is 2. The van der Waals surface area contributed by atoms with Crippen LogP contribution in [0.3, 0.4) is 0 Å². The van der Waals surface area contributed by atoms with E-state index in [9.17, 15) is 9.59 Å². The smallest absolute Gasteiger partial charge is 0.341 e. The number of amides is 1. The summed E-state index contributed by atoms with van der Waals surface area (Å²) in [5.74, 6) is -0.766. The number of carboxylic acids is 1. The maximum absolute atomic E-state index is 12.2. The Morgan fingerprint density at radius 1 is 1.08 bits per heavy atom. The summed E-state index contributed by atoms with van der Waals surface area (Å²) >= 11 is 0. The predicted octanol–water partition coefficient (Wildman–Crippen LogP) is 3.01. The Balaban J connectivity index is 1.88. The lowest BCUT2D eigenvalue weighted by atomic mass is 10.1. The van der Waals surface area contributed by atoms with Crippen molar-refractivity contribution in [1.82, 2.24) is 5.32 Å². The largest absolute Gasteiger partial charge is 0.482 e. The SMILES string of the molecule is CC(C)OCc1ccc(C(=O)NCc2cccc(OCC(=O)O)c2)cc1. The van der Waals surface area contributed by atoms with Gasteiger partial charge in [-0.2, -0.15) is 0 Å². The van der Waals surface area contributed by atoms with Gasteiger partial charge in [0.15, 0.2) is 6.61 Å². The fourth-order valence-electron chi connectivity index (χ4n) is 2.19. The number of hydrogen-bond donors (Lipinski definition) is 2. The Morgan fingerprint density at radius 3 is 2.46 bits per heavy atom. The van der Waals surface area contributed by atoms with Gasteiger partial charge in [-0.1, -0.05) is 24.3 Å². The van der Waals surface area contributed by atoms with Gasteiger partial charge in [-0.05, 0) is 49.2 Å². The molecule has 138 valence electrons. The topological polar surface area (TPSA) is 84.9 Å². The molecule has 0 heterocycles. The molecule has 26 heavy (non-hydrogen) atoms. The van der Waals surface area contributed by atoms with Crippen molar-refractivity contribution in [3.63, 3.8) is 0 Å². The van der Waals surface area contributed by atoms with Gasteiger partial charge in [-0.25, -0.2) is 4.79 Å². The van der Waals surface area contributed by atoms with Crippen molar-refractivity contribution in [3.05, 3.63) is 65.2 Å². The van der Waals surface area contributed by atoms with Gasteiger partial charge in [0.05, 0.1) is 12.7 Å². The van der Waals surface area contributed by atoms with Crippen molar-refractivity contribution in [2.75, 3.05) is 6.61 Å². The highest BCUT2D eigenvalue weighted by molar-refractivity contribution is 5.94. The van der Waals surface area contributed by atoms with Crippen molar-refractivity contribution in [2.24, 2.45) is 0 Å². The number of rotatable bonds is 9. The Kier molecular flexibility index (Phi) is 7.17. The number of benzene rings is 2. The Bertz CT molecular complexity index is 740. The second-order valence-corrected chi connectivity index (χ2v) is 6.07. The van der Waals surface area contributed by atoms with Crippen LogP contribution in [0.4, 0.5) is 0 Å². The van der Waals surface area contributed by atoms with E-state index in [-0.39, 0.29) is 12.0 Å². The van der Waals surface area contributed by atoms with E-state index in [0.717, 1.165) is 11.1 Å². The molecule has 0 bridgehead atoms.